The van der Waals surface area contributed by atoms with Gasteiger partial charge in [-0.1, -0.05) is 42.5 Å². The first-order valence-corrected chi connectivity index (χ1v) is 7.70. The molecule has 1 aliphatic heterocycles. The lowest BCUT2D eigenvalue weighted by Gasteiger charge is -2.20. The minimum absolute atomic E-state index is 0.146. The third-order valence-corrected chi connectivity index (χ3v) is 3.81. The number of nitrogens with one attached hydrogen (secondary N) is 1. The van der Waals surface area contributed by atoms with Crippen LogP contribution in [0.3, 0.4) is 0 Å². The summed E-state index contributed by atoms with van der Waals surface area (Å²) < 4.78 is 0. The normalized spacial score (nSPS) is 14.3. The number of rotatable bonds is 6. The average Bonchev–Trinajstić information content (AvgIpc) is 2.85. The summed E-state index contributed by atoms with van der Waals surface area (Å²) in [5, 5.41) is 12.0. The lowest BCUT2D eigenvalue weighted by molar-refractivity contribution is -0.0970. The van der Waals surface area contributed by atoms with E-state index >= 15 is 0 Å². The molecular formula is C18H16N2O5. The van der Waals surface area contributed by atoms with Gasteiger partial charge >= 0.3 is 6.09 Å². The van der Waals surface area contributed by atoms with Crippen LogP contribution >= 0.6 is 0 Å². The van der Waals surface area contributed by atoms with Crippen molar-refractivity contribution in [2.75, 3.05) is 6.61 Å². The highest BCUT2D eigenvalue weighted by Crippen LogP contribution is 2.22. The minimum atomic E-state index is -1.20. The van der Waals surface area contributed by atoms with Crippen molar-refractivity contribution in [2.24, 2.45) is 0 Å². The van der Waals surface area contributed by atoms with Crippen molar-refractivity contribution in [1.29, 1.82) is 0 Å². The molecule has 1 unspecified atom stereocenters. The smallest absolute Gasteiger partial charge is 0.404 e. The molecule has 0 aromatic heterocycles. The second-order valence-corrected chi connectivity index (χ2v) is 5.58. The highest BCUT2D eigenvalue weighted by molar-refractivity contribution is 6.20. The molecule has 2 aromatic carbocycles. The number of hydroxylamine groups is 2. The number of nitrogens with zero attached hydrogens (tertiary/aromatic N) is 1. The fourth-order valence-electron chi connectivity index (χ4n) is 2.67. The van der Waals surface area contributed by atoms with E-state index in [1.165, 1.54) is 0 Å². The predicted octanol–water partition coefficient (Wildman–Crippen LogP) is 2.09. The molecule has 0 saturated heterocycles. The number of benzene rings is 2. The molecule has 0 spiro atoms. The molecule has 0 aliphatic carbocycles. The molecule has 1 atom stereocenters. The number of carbonyl (C=O) groups excluding carboxylic acids is 2. The van der Waals surface area contributed by atoms with Crippen molar-refractivity contribution in [2.45, 2.75) is 12.5 Å². The van der Waals surface area contributed by atoms with Gasteiger partial charge in [0.15, 0.2) is 0 Å². The van der Waals surface area contributed by atoms with E-state index < -0.39 is 23.9 Å². The Morgan fingerprint density at radius 3 is 2.12 bits per heavy atom. The largest absolute Gasteiger partial charge is 0.465 e. The van der Waals surface area contributed by atoms with Crippen LogP contribution in [0, 0.1) is 0 Å². The van der Waals surface area contributed by atoms with Crippen LogP contribution in [0.2, 0.25) is 0 Å². The lowest BCUT2D eigenvalue weighted by atomic mass is 10.1. The summed E-state index contributed by atoms with van der Waals surface area (Å²) >= 11 is 0. The van der Waals surface area contributed by atoms with Crippen molar-refractivity contribution in [3.63, 3.8) is 0 Å². The Bertz CT molecular complexity index is 771. The summed E-state index contributed by atoms with van der Waals surface area (Å²) in [4.78, 5) is 40.8. The van der Waals surface area contributed by atoms with Gasteiger partial charge in [0.2, 0.25) is 0 Å². The molecule has 1 aliphatic rings. The second-order valence-electron chi connectivity index (χ2n) is 5.58. The molecule has 128 valence electrons. The number of imide groups is 1. The maximum atomic E-state index is 12.2. The van der Waals surface area contributed by atoms with Crippen LogP contribution in [0.5, 0.6) is 0 Å². The van der Waals surface area contributed by atoms with Crippen LogP contribution in [-0.4, -0.2) is 40.7 Å². The molecule has 7 nitrogen and oxygen atoms in total. The van der Waals surface area contributed by atoms with Gasteiger partial charge in [-0.25, -0.2) is 4.79 Å². The van der Waals surface area contributed by atoms with Gasteiger partial charge in [0.1, 0.15) is 0 Å². The van der Waals surface area contributed by atoms with E-state index in [4.69, 9.17) is 9.94 Å². The number of carboxylic acid groups (broad SMARTS) is 1. The second kappa shape index (κ2) is 7.14. The molecule has 2 aromatic rings. The standard InChI is InChI=1S/C18H16N2O5/c21-16-14-8-4-5-9-15(14)17(22)20(16)25-11-13(19-18(23)24)10-12-6-2-1-3-7-12/h1-9,13,19H,10-11H2,(H,23,24). The first-order valence-electron chi connectivity index (χ1n) is 7.70. The highest BCUT2D eigenvalue weighted by Gasteiger charge is 2.37. The van der Waals surface area contributed by atoms with Crippen LogP contribution in [0.15, 0.2) is 54.6 Å². The Balaban J connectivity index is 1.68. The lowest BCUT2D eigenvalue weighted by Crippen LogP contribution is -2.42. The van der Waals surface area contributed by atoms with Crippen LogP contribution in [0.4, 0.5) is 4.79 Å². The zero-order valence-electron chi connectivity index (χ0n) is 13.2. The van der Waals surface area contributed by atoms with Crippen LogP contribution in [0.1, 0.15) is 26.3 Å². The van der Waals surface area contributed by atoms with Gasteiger partial charge in [-0.15, -0.1) is 5.06 Å². The highest BCUT2D eigenvalue weighted by atomic mass is 16.7. The Labute approximate surface area is 143 Å². The molecule has 0 fully saturated rings. The number of amides is 3. The summed E-state index contributed by atoms with van der Waals surface area (Å²) in [7, 11) is 0. The summed E-state index contributed by atoms with van der Waals surface area (Å²) in [5.74, 6) is -1.09. The summed E-state index contributed by atoms with van der Waals surface area (Å²) in [6.07, 6.45) is -0.831. The van der Waals surface area contributed by atoms with Gasteiger partial charge < -0.3 is 10.4 Å². The summed E-state index contributed by atoms with van der Waals surface area (Å²) in [6.45, 7) is -0.146. The minimum Gasteiger partial charge on any atom is -0.465 e. The average molecular weight is 340 g/mol. The zero-order valence-corrected chi connectivity index (χ0v) is 13.2. The Hall–Kier alpha value is -3.19. The molecular weight excluding hydrogens is 324 g/mol. The molecule has 0 bridgehead atoms. The van der Waals surface area contributed by atoms with Gasteiger partial charge in [0.25, 0.3) is 11.8 Å². The molecule has 1 heterocycles. The maximum Gasteiger partial charge on any atom is 0.404 e. The molecule has 0 radical (unpaired) electrons. The van der Waals surface area contributed by atoms with Gasteiger partial charge in [-0.3, -0.25) is 14.4 Å². The molecule has 0 saturated carbocycles. The van der Waals surface area contributed by atoms with Gasteiger partial charge in [-0.05, 0) is 24.1 Å². The Morgan fingerprint density at radius 1 is 1.00 bits per heavy atom. The van der Waals surface area contributed by atoms with E-state index in [-0.39, 0.29) is 17.7 Å². The van der Waals surface area contributed by atoms with Gasteiger partial charge in [0.05, 0.1) is 23.8 Å². The molecule has 25 heavy (non-hydrogen) atoms. The fraction of sp³-hybridized carbons (Fsp3) is 0.167. The van der Waals surface area contributed by atoms with E-state index in [0.717, 1.165) is 5.56 Å². The number of hydrogen-bond donors (Lipinski definition) is 2. The van der Waals surface area contributed by atoms with E-state index in [1.807, 2.05) is 30.3 Å². The first kappa shape index (κ1) is 16.7. The van der Waals surface area contributed by atoms with Crippen molar-refractivity contribution >= 4 is 17.9 Å². The number of carbonyl (C=O) groups is 3. The van der Waals surface area contributed by atoms with Gasteiger partial charge in [0, 0.05) is 0 Å². The van der Waals surface area contributed by atoms with Crippen LogP contribution in [-0.2, 0) is 11.3 Å². The Kier molecular flexibility index (Phi) is 4.76. The van der Waals surface area contributed by atoms with E-state index in [0.29, 0.717) is 11.5 Å². The fourth-order valence-corrected chi connectivity index (χ4v) is 2.67. The van der Waals surface area contributed by atoms with Crippen LogP contribution < -0.4 is 5.32 Å². The maximum absolute atomic E-state index is 12.2. The number of fused-ring (bicyclic) bond motifs is 1. The molecule has 2 N–H and O–H groups in total. The van der Waals surface area contributed by atoms with Crippen molar-refractivity contribution in [3.05, 3.63) is 71.3 Å². The number of hydrogen-bond acceptors (Lipinski definition) is 4. The molecule has 3 rings (SSSR count). The third kappa shape index (κ3) is 3.67. The van der Waals surface area contributed by atoms with E-state index in [2.05, 4.69) is 5.32 Å². The van der Waals surface area contributed by atoms with Crippen molar-refractivity contribution in [3.8, 4) is 0 Å². The third-order valence-electron chi connectivity index (χ3n) is 3.81. The topological polar surface area (TPSA) is 95.9 Å². The molecule has 3 amide bonds. The van der Waals surface area contributed by atoms with Crippen LogP contribution in [0.25, 0.3) is 0 Å². The quantitative estimate of drug-likeness (QED) is 0.785. The summed E-state index contributed by atoms with van der Waals surface area (Å²) in [5.41, 5.74) is 1.46. The predicted molar refractivity (Wildman–Crippen MR) is 88.0 cm³/mol. The van der Waals surface area contributed by atoms with E-state index in [1.54, 1.807) is 24.3 Å². The van der Waals surface area contributed by atoms with Crippen molar-refractivity contribution in [1.82, 2.24) is 10.4 Å². The Morgan fingerprint density at radius 2 is 1.56 bits per heavy atom. The zero-order chi connectivity index (χ0) is 17.8. The summed E-state index contributed by atoms with van der Waals surface area (Å²) in [6, 6.07) is 15.1. The van der Waals surface area contributed by atoms with Crippen molar-refractivity contribution < 1.29 is 24.3 Å². The monoisotopic (exact) mass is 340 g/mol. The van der Waals surface area contributed by atoms with Gasteiger partial charge in [-0.2, -0.15) is 0 Å². The SMILES string of the molecule is O=C(O)NC(CON1C(=O)c2ccccc2C1=O)Cc1ccccc1. The molecule has 7 heteroatoms. The van der Waals surface area contributed by atoms with E-state index in [9.17, 15) is 14.4 Å². The first-order chi connectivity index (χ1) is 12.1.